The third kappa shape index (κ3) is 5.73. The smallest absolute Gasteiger partial charge is 0.338 e. The van der Waals surface area contributed by atoms with E-state index in [4.69, 9.17) is 16.2 Å². The maximum Gasteiger partial charge on any atom is 0.338 e. The van der Waals surface area contributed by atoms with Crippen molar-refractivity contribution in [2.24, 2.45) is 11.5 Å². The van der Waals surface area contributed by atoms with E-state index in [0.717, 1.165) is 28.0 Å². The van der Waals surface area contributed by atoms with Gasteiger partial charge >= 0.3 is 5.69 Å². The number of halogens is 2. The molecule has 214 valence electrons. The number of non-ortho nitro benzene ring substituents is 1. The van der Waals surface area contributed by atoms with Crippen molar-refractivity contribution in [3.63, 3.8) is 0 Å². The number of nitro benzene ring substituents is 1. The molecule has 2 heterocycles. The summed E-state index contributed by atoms with van der Waals surface area (Å²) in [5.74, 6) is -2.09. The molecule has 14 heteroatoms. The highest BCUT2D eigenvalue weighted by Gasteiger charge is 2.25. The summed E-state index contributed by atoms with van der Waals surface area (Å²) < 4.78 is 36.1. The van der Waals surface area contributed by atoms with Crippen LogP contribution in [0.25, 0.3) is 26.5 Å². The number of methoxy groups -OCH3 is 1. The Balaban J connectivity index is 2.12. The first-order chi connectivity index (χ1) is 19.4. The van der Waals surface area contributed by atoms with Crippen LogP contribution in [0.15, 0.2) is 70.1 Å². The molecule has 41 heavy (non-hydrogen) atoms. The van der Waals surface area contributed by atoms with Crippen molar-refractivity contribution in [1.29, 1.82) is 0 Å². The van der Waals surface area contributed by atoms with E-state index < -0.39 is 34.4 Å². The second kappa shape index (κ2) is 11.7. The minimum Gasteiger partial charge on any atom is -0.483 e. The van der Waals surface area contributed by atoms with E-state index in [0.29, 0.717) is 20.6 Å². The summed E-state index contributed by atoms with van der Waals surface area (Å²) in [7, 11) is 4.88. The fraction of sp³-hybridized carbons (Fsp3) is 0.185. The van der Waals surface area contributed by atoms with Crippen LogP contribution in [0.5, 0.6) is 0 Å². The summed E-state index contributed by atoms with van der Waals surface area (Å²) >= 11 is 1.06. The molecule has 0 fully saturated rings. The largest absolute Gasteiger partial charge is 0.483 e. The number of aromatic nitrogens is 2. The fourth-order valence-electron chi connectivity index (χ4n) is 4.22. The monoisotopic (exact) mass is 584 g/mol. The molecule has 0 saturated carbocycles. The van der Waals surface area contributed by atoms with Gasteiger partial charge in [0.05, 0.1) is 24.0 Å². The zero-order chi connectivity index (χ0) is 30.0. The van der Waals surface area contributed by atoms with Crippen LogP contribution in [-0.2, 0) is 17.8 Å². The number of benzene rings is 2. The standard InChI is InChI=1S/C27H26F2N6O5S/c1-32(2)13-18-23-25(36)34(21(30)11-12-22(31)40-3)27(37)33(14-17-19(28)5-4-6-20(17)29)26(23)41-24(18)15-7-9-16(10-8-15)35(38)39/h4-12H,13-14,30-31H2,1-3H3/b21-11+,22-12+. The first-order valence-corrected chi connectivity index (χ1v) is 12.9. The lowest BCUT2D eigenvalue weighted by molar-refractivity contribution is -0.384. The summed E-state index contributed by atoms with van der Waals surface area (Å²) in [4.78, 5) is 40.9. The Morgan fingerprint density at radius 3 is 2.27 bits per heavy atom. The lowest BCUT2D eigenvalue weighted by atomic mass is 10.1. The van der Waals surface area contributed by atoms with Crippen LogP contribution in [0.3, 0.4) is 0 Å². The number of rotatable bonds is 9. The summed E-state index contributed by atoms with van der Waals surface area (Å²) in [5, 5.41) is 11.3. The minimum atomic E-state index is -0.934. The quantitative estimate of drug-likeness (QED) is 0.131. The van der Waals surface area contributed by atoms with E-state index >= 15 is 0 Å². The van der Waals surface area contributed by atoms with Gasteiger partial charge in [-0.3, -0.25) is 19.5 Å². The van der Waals surface area contributed by atoms with Crippen molar-refractivity contribution in [3.05, 3.63) is 114 Å². The van der Waals surface area contributed by atoms with Gasteiger partial charge in [0.15, 0.2) is 5.88 Å². The molecule has 0 unspecified atom stereocenters. The summed E-state index contributed by atoms with van der Waals surface area (Å²) in [6, 6.07) is 9.06. The third-order valence-electron chi connectivity index (χ3n) is 6.18. The molecule has 0 spiro atoms. The Morgan fingerprint density at radius 2 is 1.71 bits per heavy atom. The van der Waals surface area contributed by atoms with Crippen LogP contribution in [0.2, 0.25) is 0 Å². The number of nitro groups is 1. The van der Waals surface area contributed by atoms with Crippen LogP contribution >= 0.6 is 11.3 Å². The highest BCUT2D eigenvalue weighted by atomic mass is 32.1. The van der Waals surface area contributed by atoms with Gasteiger partial charge in [0, 0.05) is 35.2 Å². The van der Waals surface area contributed by atoms with E-state index in [1.807, 2.05) is 0 Å². The third-order valence-corrected chi connectivity index (χ3v) is 7.48. The predicted octanol–water partition coefficient (Wildman–Crippen LogP) is 3.39. The van der Waals surface area contributed by atoms with Gasteiger partial charge in [-0.2, -0.15) is 0 Å². The molecule has 0 aliphatic rings. The number of hydrogen-bond donors (Lipinski definition) is 2. The normalized spacial score (nSPS) is 12.3. The number of fused-ring (bicyclic) bond motifs is 1. The van der Waals surface area contributed by atoms with Gasteiger partial charge in [0.2, 0.25) is 0 Å². The summed E-state index contributed by atoms with van der Waals surface area (Å²) in [5.41, 5.74) is 10.7. The van der Waals surface area contributed by atoms with E-state index in [1.165, 1.54) is 49.6 Å². The van der Waals surface area contributed by atoms with Crippen molar-refractivity contribution in [2.75, 3.05) is 21.2 Å². The summed E-state index contributed by atoms with van der Waals surface area (Å²) in [6.45, 7) is -0.312. The van der Waals surface area contributed by atoms with Crippen molar-refractivity contribution in [1.82, 2.24) is 14.0 Å². The van der Waals surface area contributed by atoms with Crippen LogP contribution < -0.4 is 22.7 Å². The van der Waals surface area contributed by atoms with E-state index in [-0.39, 0.29) is 39.7 Å². The predicted molar refractivity (Wildman–Crippen MR) is 153 cm³/mol. The molecule has 4 aromatic rings. The molecule has 0 aliphatic carbocycles. The van der Waals surface area contributed by atoms with Crippen LogP contribution in [0, 0.1) is 21.7 Å². The number of nitrogens with zero attached hydrogens (tertiary/aromatic N) is 4. The van der Waals surface area contributed by atoms with Crippen molar-refractivity contribution >= 4 is 33.1 Å². The molecular formula is C27H26F2N6O5S. The number of ether oxygens (including phenoxy) is 1. The van der Waals surface area contributed by atoms with Crippen LogP contribution in [0.4, 0.5) is 14.5 Å². The van der Waals surface area contributed by atoms with Gasteiger partial charge in [-0.15, -0.1) is 11.3 Å². The molecule has 2 aromatic carbocycles. The van der Waals surface area contributed by atoms with E-state index in [1.54, 1.807) is 19.0 Å². The van der Waals surface area contributed by atoms with Crippen LogP contribution in [0.1, 0.15) is 11.1 Å². The molecule has 4 rings (SSSR count). The van der Waals surface area contributed by atoms with Gasteiger partial charge in [-0.05, 0) is 55.6 Å². The molecule has 2 aromatic heterocycles. The first-order valence-electron chi connectivity index (χ1n) is 12.1. The molecule has 0 aliphatic heterocycles. The average molecular weight is 585 g/mol. The Hall–Kier alpha value is -4.82. The Bertz CT molecular complexity index is 1800. The maximum atomic E-state index is 14.7. The van der Waals surface area contributed by atoms with Crippen molar-refractivity contribution in [3.8, 4) is 10.4 Å². The molecular weight excluding hydrogens is 558 g/mol. The van der Waals surface area contributed by atoms with Gasteiger partial charge in [0.1, 0.15) is 22.3 Å². The zero-order valence-corrected chi connectivity index (χ0v) is 23.1. The zero-order valence-electron chi connectivity index (χ0n) is 22.3. The fourth-order valence-corrected chi connectivity index (χ4v) is 5.52. The summed E-state index contributed by atoms with van der Waals surface area (Å²) in [6.07, 6.45) is 2.46. The van der Waals surface area contributed by atoms with Gasteiger partial charge in [-0.25, -0.2) is 18.1 Å². The number of thiophene rings is 1. The van der Waals surface area contributed by atoms with Crippen molar-refractivity contribution in [2.45, 2.75) is 13.1 Å². The Morgan fingerprint density at radius 1 is 1.07 bits per heavy atom. The van der Waals surface area contributed by atoms with E-state index in [9.17, 15) is 28.5 Å². The molecule has 0 atom stereocenters. The van der Waals surface area contributed by atoms with Gasteiger partial charge < -0.3 is 21.1 Å². The molecule has 0 amide bonds. The number of allylic oxidation sites excluding steroid dienone is 2. The van der Waals surface area contributed by atoms with E-state index in [2.05, 4.69) is 0 Å². The molecule has 0 saturated heterocycles. The second-order valence-electron chi connectivity index (χ2n) is 9.21. The molecule has 4 N–H and O–H groups in total. The number of hydrogen-bond acceptors (Lipinski definition) is 9. The molecule has 11 nitrogen and oxygen atoms in total. The Kier molecular flexibility index (Phi) is 8.35. The van der Waals surface area contributed by atoms with Gasteiger partial charge in [0.25, 0.3) is 11.2 Å². The van der Waals surface area contributed by atoms with Crippen LogP contribution in [-0.4, -0.2) is 40.2 Å². The first kappa shape index (κ1) is 29.2. The highest BCUT2D eigenvalue weighted by molar-refractivity contribution is 7.22. The Labute approximate surface area is 235 Å². The minimum absolute atomic E-state index is 0.0416. The maximum absolute atomic E-state index is 14.7. The lowest BCUT2D eigenvalue weighted by Crippen LogP contribution is -2.41. The topological polar surface area (TPSA) is 152 Å². The van der Waals surface area contributed by atoms with Gasteiger partial charge in [-0.1, -0.05) is 6.07 Å². The van der Waals surface area contributed by atoms with Crippen molar-refractivity contribution < 1.29 is 18.4 Å². The molecule has 0 radical (unpaired) electrons. The second-order valence-corrected chi connectivity index (χ2v) is 10.2. The lowest BCUT2D eigenvalue weighted by Gasteiger charge is -2.15. The SMILES string of the molecule is CO/C(N)=C/C=C(\N)n1c(=O)c2c(CN(C)C)c(-c3ccc([N+](=O)[O-])cc3)sc2n(Cc2c(F)cccc2F)c1=O. The average Bonchev–Trinajstić information content (AvgIpc) is 3.29. The molecule has 0 bridgehead atoms. The number of nitrogens with two attached hydrogens (primary N) is 2. The highest BCUT2D eigenvalue weighted by Crippen LogP contribution is 2.38.